The van der Waals surface area contributed by atoms with E-state index in [0.29, 0.717) is 5.69 Å². The highest BCUT2D eigenvalue weighted by Crippen LogP contribution is 2.19. The summed E-state index contributed by atoms with van der Waals surface area (Å²) in [5.41, 5.74) is 1.91. The molecule has 74 valence electrons. The predicted octanol–water partition coefficient (Wildman–Crippen LogP) is 2.97. The van der Waals surface area contributed by atoms with E-state index >= 15 is 0 Å². The first-order chi connectivity index (χ1) is 7.33. The average Bonchev–Trinajstić information content (AvgIpc) is 2.77. The fourth-order valence-electron chi connectivity index (χ4n) is 1.72. The summed E-state index contributed by atoms with van der Waals surface area (Å²) in [6.07, 6.45) is 1.94. The van der Waals surface area contributed by atoms with Crippen molar-refractivity contribution in [3.63, 3.8) is 0 Å². The second-order valence-electron chi connectivity index (χ2n) is 3.50. The Hall–Kier alpha value is -2.01. The highest BCUT2D eigenvalue weighted by molar-refractivity contribution is 5.27. The van der Waals surface area contributed by atoms with Crippen molar-refractivity contribution in [2.75, 3.05) is 0 Å². The Bertz CT molecular complexity index is 477. The number of nitrogens with zero attached hydrogens (tertiary/aromatic N) is 2. The van der Waals surface area contributed by atoms with Crippen molar-refractivity contribution < 1.29 is 0 Å². The molecular formula is C13H12N2. The van der Waals surface area contributed by atoms with E-state index in [0.717, 1.165) is 0 Å². The molecule has 2 rings (SSSR count). The number of nitriles is 1. The molecule has 1 atom stereocenters. The highest BCUT2D eigenvalue weighted by Gasteiger charge is 2.09. The van der Waals surface area contributed by atoms with Crippen LogP contribution in [-0.4, -0.2) is 4.57 Å². The summed E-state index contributed by atoms with van der Waals surface area (Å²) < 4.78 is 1.98. The maximum atomic E-state index is 8.93. The molecule has 0 saturated heterocycles. The number of hydrogen-bond acceptors (Lipinski definition) is 1. The summed E-state index contributed by atoms with van der Waals surface area (Å²) in [6.45, 7) is 2.09. The van der Waals surface area contributed by atoms with Crippen molar-refractivity contribution in [3.8, 4) is 6.07 Å². The van der Waals surface area contributed by atoms with Gasteiger partial charge in [-0.3, -0.25) is 0 Å². The molecule has 0 spiro atoms. The minimum atomic E-state index is 0.204. The minimum Gasteiger partial charge on any atom is -0.332 e. The standard InChI is InChI=1S/C13H12N2/c1-11(12-6-3-2-4-7-12)15-9-5-8-13(15)10-14/h2-9,11H,1H3. The van der Waals surface area contributed by atoms with Gasteiger partial charge in [-0.15, -0.1) is 0 Å². The molecule has 0 bridgehead atoms. The molecule has 15 heavy (non-hydrogen) atoms. The van der Waals surface area contributed by atoms with E-state index in [-0.39, 0.29) is 6.04 Å². The van der Waals surface area contributed by atoms with Crippen LogP contribution in [-0.2, 0) is 0 Å². The normalized spacial score (nSPS) is 12.0. The zero-order chi connectivity index (χ0) is 10.7. The van der Waals surface area contributed by atoms with E-state index in [2.05, 4.69) is 25.1 Å². The molecule has 0 N–H and O–H groups in total. The average molecular weight is 196 g/mol. The smallest absolute Gasteiger partial charge is 0.120 e. The number of aromatic nitrogens is 1. The molecule has 1 aromatic heterocycles. The Labute approximate surface area is 89.4 Å². The Balaban J connectivity index is 2.38. The Morgan fingerprint density at radius 3 is 2.53 bits per heavy atom. The van der Waals surface area contributed by atoms with E-state index in [9.17, 15) is 0 Å². The van der Waals surface area contributed by atoms with Crippen molar-refractivity contribution in [2.45, 2.75) is 13.0 Å². The quantitative estimate of drug-likeness (QED) is 0.725. The lowest BCUT2D eigenvalue weighted by molar-refractivity contribution is 0.636. The van der Waals surface area contributed by atoms with Gasteiger partial charge in [0.15, 0.2) is 0 Å². The summed E-state index contributed by atoms with van der Waals surface area (Å²) in [4.78, 5) is 0. The first kappa shape index (κ1) is 9.54. The van der Waals surface area contributed by atoms with Gasteiger partial charge in [-0.25, -0.2) is 0 Å². The predicted molar refractivity (Wildman–Crippen MR) is 59.4 cm³/mol. The lowest BCUT2D eigenvalue weighted by Crippen LogP contribution is -2.07. The zero-order valence-electron chi connectivity index (χ0n) is 8.59. The fraction of sp³-hybridized carbons (Fsp3) is 0.154. The Kier molecular flexibility index (Phi) is 2.55. The molecule has 2 aromatic rings. The third-order valence-electron chi connectivity index (χ3n) is 2.59. The Morgan fingerprint density at radius 2 is 1.87 bits per heavy atom. The topological polar surface area (TPSA) is 28.7 Å². The van der Waals surface area contributed by atoms with E-state index in [1.807, 2.05) is 41.1 Å². The third-order valence-corrected chi connectivity index (χ3v) is 2.59. The Morgan fingerprint density at radius 1 is 1.13 bits per heavy atom. The molecule has 1 unspecified atom stereocenters. The third kappa shape index (κ3) is 1.77. The van der Waals surface area contributed by atoms with Crippen molar-refractivity contribution in [1.82, 2.24) is 4.57 Å². The molecule has 0 saturated carbocycles. The molecule has 0 amide bonds. The number of rotatable bonds is 2. The van der Waals surface area contributed by atoms with Crippen molar-refractivity contribution in [3.05, 3.63) is 59.9 Å². The first-order valence-electron chi connectivity index (χ1n) is 4.95. The van der Waals surface area contributed by atoms with Crippen LogP contribution in [0.25, 0.3) is 0 Å². The summed E-state index contributed by atoms with van der Waals surface area (Å²) in [6, 6.07) is 16.3. The second kappa shape index (κ2) is 4.02. The van der Waals surface area contributed by atoms with Gasteiger partial charge in [-0.1, -0.05) is 30.3 Å². The van der Waals surface area contributed by atoms with E-state index in [1.165, 1.54) is 5.56 Å². The van der Waals surface area contributed by atoms with E-state index < -0.39 is 0 Å². The molecule has 0 fully saturated rings. The lowest BCUT2D eigenvalue weighted by atomic mass is 10.1. The van der Waals surface area contributed by atoms with E-state index in [4.69, 9.17) is 5.26 Å². The molecule has 1 aromatic carbocycles. The molecular weight excluding hydrogens is 184 g/mol. The van der Waals surface area contributed by atoms with Crippen LogP contribution in [0.2, 0.25) is 0 Å². The number of benzene rings is 1. The molecule has 2 nitrogen and oxygen atoms in total. The van der Waals surface area contributed by atoms with Gasteiger partial charge in [-0.05, 0) is 24.6 Å². The monoisotopic (exact) mass is 196 g/mol. The molecule has 0 radical (unpaired) electrons. The van der Waals surface area contributed by atoms with Crippen LogP contribution < -0.4 is 0 Å². The second-order valence-corrected chi connectivity index (χ2v) is 3.50. The summed E-state index contributed by atoms with van der Waals surface area (Å²) in [7, 11) is 0. The summed E-state index contributed by atoms with van der Waals surface area (Å²) in [5, 5.41) is 8.93. The van der Waals surface area contributed by atoms with Gasteiger partial charge >= 0.3 is 0 Å². The largest absolute Gasteiger partial charge is 0.332 e. The first-order valence-corrected chi connectivity index (χ1v) is 4.95. The van der Waals surface area contributed by atoms with Crippen molar-refractivity contribution in [1.29, 1.82) is 5.26 Å². The van der Waals surface area contributed by atoms with Crippen LogP contribution in [0.1, 0.15) is 24.2 Å². The van der Waals surface area contributed by atoms with Gasteiger partial charge in [-0.2, -0.15) is 5.26 Å². The highest BCUT2D eigenvalue weighted by atomic mass is 15.0. The molecule has 0 aliphatic rings. The molecule has 0 aliphatic carbocycles. The van der Waals surface area contributed by atoms with Gasteiger partial charge in [0.1, 0.15) is 11.8 Å². The SMILES string of the molecule is CC(c1ccccc1)n1cccc1C#N. The zero-order valence-corrected chi connectivity index (χ0v) is 8.59. The minimum absolute atomic E-state index is 0.204. The van der Waals surface area contributed by atoms with Crippen LogP contribution in [0.3, 0.4) is 0 Å². The molecule has 2 heteroatoms. The molecule has 0 aliphatic heterocycles. The van der Waals surface area contributed by atoms with Gasteiger partial charge in [0.05, 0.1) is 6.04 Å². The maximum Gasteiger partial charge on any atom is 0.120 e. The van der Waals surface area contributed by atoms with Crippen LogP contribution >= 0.6 is 0 Å². The lowest BCUT2D eigenvalue weighted by Gasteiger charge is -2.15. The summed E-state index contributed by atoms with van der Waals surface area (Å²) >= 11 is 0. The van der Waals surface area contributed by atoms with Gasteiger partial charge in [0.2, 0.25) is 0 Å². The van der Waals surface area contributed by atoms with Crippen molar-refractivity contribution >= 4 is 0 Å². The summed E-state index contributed by atoms with van der Waals surface area (Å²) in [5.74, 6) is 0. The number of hydrogen-bond donors (Lipinski definition) is 0. The van der Waals surface area contributed by atoms with Crippen molar-refractivity contribution in [2.24, 2.45) is 0 Å². The van der Waals surface area contributed by atoms with Crippen LogP contribution in [0.15, 0.2) is 48.7 Å². The van der Waals surface area contributed by atoms with Crippen LogP contribution in [0.5, 0.6) is 0 Å². The maximum absolute atomic E-state index is 8.93. The van der Waals surface area contributed by atoms with Crippen LogP contribution in [0.4, 0.5) is 0 Å². The van der Waals surface area contributed by atoms with Gasteiger partial charge in [0, 0.05) is 6.20 Å². The van der Waals surface area contributed by atoms with Crippen LogP contribution in [0, 0.1) is 11.3 Å². The fourth-order valence-corrected chi connectivity index (χ4v) is 1.72. The van der Waals surface area contributed by atoms with Gasteiger partial charge < -0.3 is 4.57 Å². The van der Waals surface area contributed by atoms with E-state index in [1.54, 1.807) is 0 Å². The van der Waals surface area contributed by atoms with Gasteiger partial charge in [0.25, 0.3) is 0 Å². The molecule has 1 heterocycles.